The Kier molecular flexibility index (Phi) is 5.67. The molecule has 4 nitrogen and oxygen atoms in total. The summed E-state index contributed by atoms with van der Waals surface area (Å²) in [5.74, 6) is -1.33. The Hall–Kier alpha value is -1.32. The molecule has 0 saturated carbocycles. The van der Waals surface area contributed by atoms with E-state index in [9.17, 15) is 9.59 Å². The predicted molar refractivity (Wildman–Crippen MR) is 58.2 cm³/mol. The molecule has 0 aliphatic heterocycles. The van der Waals surface area contributed by atoms with Crippen molar-refractivity contribution in [2.75, 3.05) is 20.7 Å². The van der Waals surface area contributed by atoms with Gasteiger partial charge in [-0.2, -0.15) is 0 Å². The number of ketones is 1. The maximum Gasteiger partial charge on any atom is 0.379 e. The molecule has 0 aromatic rings. The standard InChI is InChI=1S/C11H19NO3/c1-6-15-11(14)10(13)9(8(2)3)7-12(4)5/h7-8H,6H2,1-5H3/b9-7+. The maximum atomic E-state index is 11.6. The lowest BCUT2D eigenvalue weighted by atomic mass is 10.00. The molecule has 0 aliphatic carbocycles. The summed E-state index contributed by atoms with van der Waals surface area (Å²) in [5, 5.41) is 0. The van der Waals surface area contributed by atoms with Crippen LogP contribution in [0.2, 0.25) is 0 Å². The third-order valence-corrected chi connectivity index (χ3v) is 1.74. The van der Waals surface area contributed by atoms with E-state index in [1.807, 2.05) is 13.8 Å². The molecule has 0 rings (SSSR count). The van der Waals surface area contributed by atoms with Crippen molar-refractivity contribution in [2.24, 2.45) is 5.92 Å². The van der Waals surface area contributed by atoms with E-state index in [0.717, 1.165) is 0 Å². The zero-order chi connectivity index (χ0) is 12.0. The zero-order valence-corrected chi connectivity index (χ0v) is 10.0. The molecule has 4 heteroatoms. The van der Waals surface area contributed by atoms with Gasteiger partial charge in [-0.25, -0.2) is 4.79 Å². The van der Waals surface area contributed by atoms with Crippen LogP contribution in [0.4, 0.5) is 0 Å². The van der Waals surface area contributed by atoms with Crippen molar-refractivity contribution in [1.29, 1.82) is 0 Å². The third-order valence-electron chi connectivity index (χ3n) is 1.74. The second-order valence-corrected chi connectivity index (χ2v) is 3.75. The van der Waals surface area contributed by atoms with Crippen LogP contribution < -0.4 is 0 Å². The van der Waals surface area contributed by atoms with Gasteiger partial charge in [0.2, 0.25) is 0 Å². The van der Waals surface area contributed by atoms with Gasteiger partial charge < -0.3 is 9.64 Å². The fourth-order valence-corrected chi connectivity index (χ4v) is 1.06. The van der Waals surface area contributed by atoms with Crippen LogP contribution >= 0.6 is 0 Å². The molecule has 0 radical (unpaired) electrons. The summed E-state index contributed by atoms with van der Waals surface area (Å²) in [6.45, 7) is 5.63. The highest BCUT2D eigenvalue weighted by atomic mass is 16.5. The summed E-state index contributed by atoms with van der Waals surface area (Å²) in [6.07, 6.45) is 1.66. The van der Waals surface area contributed by atoms with Crippen LogP contribution in [0.3, 0.4) is 0 Å². The quantitative estimate of drug-likeness (QED) is 0.391. The number of rotatable bonds is 5. The van der Waals surface area contributed by atoms with Gasteiger partial charge in [0, 0.05) is 25.9 Å². The Bertz CT molecular complexity index is 267. The molecular weight excluding hydrogens is 194 g/mol. The van der Waals surface area contributed by atoms with Crippen molar-refractivity contribution >= 4 is 11.8 Å². The molecule has 0 aliphatic rings. The molecule has 0 aromatic heterocycles. The summed E-state index contributed by atoms with van der Waals surface area (Å²) < 4.78 is 4.67. The van der Waals surface area contributed by atoms with Crippen LogP contribution in [-0.2, 0) is 14.3 Å². The van der Waals surface area contributed by atoms with E-state index in [1.54, 1.807) is 32.1 Å². The van der Waals surface area contributed by atoms with E-state index in [0.29, 0.717) is 5.57 Å². The minimum Gasteiger partial charge on any atom is -0.460 e. The summed E-state index contributed by atoms with van der Waals surface area (Å²) in [6, 6.07) is 0. The molecule has 0 spiro atoms. The molecule has 0 unspecified atom stereocenters. The average Bonchev–Trinajstić information content (AvgIpc) is 2.12. The Morgan fingerprint density at radius 3 is 2.20 bits per heavy atom. The van der Waals surface area contributed by atoms with E-state index in [-0.39, 0.29) is 12.5 Å². The van der Waals surface area contributed by atoms with Gasteiger partial charge in [0.25, 0.3) is 5.78 Å². The zero-order valence-electron chi connectivity index (χ0n) is 10.0. The minimum absolute atomic E-state index is 0.00399. The topological polar surface area (TPSA) is 46.6 Å². The first-order valence-corrected chi connectivity index (χ1v) is 4.99. The number of Topliss-reactive ketones (excluding diaryl/α,β-unsaturated/α-hetero) is 1. The molecule has 0 amide bonds. The number of hydrogen-bond donors (Lipinski definition) is 0. The van der Waals surface area contributed by atoms with Gasteiger partial charge in [0.05, 0.1) is 6.61 Å². The maximum absolute atomic E-state index is 11.6. The van der Waals surface area contributed by atoms with E-state index < -0.39 is 11.8 Å². The highest BCUT2D eigenvalue weighted by molar-refractivity contribution is 6.40. The molecule has 86 valence electrons. The number of ether oxygens (including phenoxy) is 1. The molecule has 0 heterocycles. The molecule has 0 aromatic carbocycles. The first kappa shape index (κ1) is 13.7. The SMILES string of the molecule is CCOC(=O)C(=O)/C(=C/N(C)C)C(C)C. The molecule has 0 N–H and O–H groups in total. The van der Waals surface area contributed by atoms with Gasteiger partial charge in [0.15, 0.2) is 0 Å². The van der Waals surface area contributed by atoms with E-state index in [2.05, 4.69) is 4.74 Å². The largest absolute Gasteiger partial charge is 0.460 e. The van der Waals surface area contributed by atoms with Crippen LogP contribution in [-0.4, -0.2) is 37.4 Å². The third kappa shape index (κ3) is 4.63. The summed E-state index contributed by atoms with van der Waals surface area (Å²) in [5.41, 5.74) is 0.471. The van der Waals surface area contributed by atoms with Crippen LogP contribution in [0.1, 0.15) is 20.8 Å². The van der Waals surface area contributed by atoms with Crippen LogP contribution in [0.25, 0.3) is 0 Å². The lowest BCUT2D eigenvalue weighted by Crippen LogP contribution is -2.23. The molecule has 0 bridgehead atoms. The van der Waals surface area contributed by atoms with Crippen molar-refractivity contribution < 1.29 is 14.3 Å². The van der Waals surface area contributed by atoms with Gasteiger partial charge in [-0.15, -0.1) is 0 Å². The molecule has 0 saturated heterocycles. The Morgan fingerprint density at radius 2 is 1.87 bits per heavy atom. The minimum atomic E-state index is -0.778. The summed E-state index contributed by atoms with van der Waals surface area (Å²) >= 11 is 0. The monoisotopic (exact) mass is 213 g/mol. The van der Waals surface area contributed by atoms with Crippen molar-refractivity contribution in [2.45, 2.75) is 20.8 Å². The number of nitrogens with zero attached hydrogens (tertiary/aromatic N) is 1. The van der Waals surface area contributed by atoms with Gasteiger partial charge in [-0.3, -0.25) is 4.79 Å². The fourth-order valence-electron chi connectivity index (χ4n) is 1.06. The predicted octanol–water partition coefficient (Wildman–Crippen LogP) is 1.22. The van der Waals surface area contributed by atoms with Crippen LogP contribution in [0.5, 0.6) is 0 Å². The van der Waals surface area contributed by atoms with Gasteiger partial charge in [-0.05, 0) is 12.8 Å². The van der Waals surface area contributed by atoms with E-state index in [1.165, 1.54) is 0 Å². The van der Waals surface area contributed by atoms with E-state index >= 15 is 0 Å². The Morgan fingerprint density at radius 1 is 1.33 bits per heavy atom. The molecular formula is C11H19NO3. The normalized spacial score (nSPS) is 11.5. The number of carbonyl (C=O) groups excluding carboxylic acids is 2. The first-order valence-electron chi connectivity index (χ1n) is 4.99. The van der Waals surface area contributed by atoms with Crippen molar-refractivity contribution in [1.82, 2.24) is 4.90 Å². The van der Waals surface area contributed by atoms with Crippen molar-refractivity contribution in [3.8, 4) is 0 Å². The van der Waals surface area contributed by atoms with Crippen LogP contribution in [0, 0.1) is 5.92 Å². The highest BCUT2D eigenvalue weighted by Crippen LogP contribution is 2.12. The number of carbonyl (C=O) groups is 2. The second-order valence-electron chi connectivity index (χ2n) is 3.75. The average molecular weight is 213 g/mol. The lowest BCUT2D eigenvalue weighted by molar-refractivity contribution is -0.152. The Balaban J connectivity index is 4.79. The second kappa shape index (κ2) is 6.22. The smallest absolute Gasteiger partial charge is 0.379 e. The summed E-state index contributed by atoms with van der Waals surface area (Å²) in [4.78, 5) is 24.6. The summed E-state index contributed by atoms with van der Waals surface area (Å²) in [7, 11) is 3.61. The van der Waals surface area contributed by atoms with Crippen molar-refractivity contribution in [3.63, 3.8) is 0 Å². The Labute approximate surface area is 90.9 Å². The van der Waals surface area contributed by atoms with E-state index in [4.69, 9.17) is 0 Å². The molecule has 15 heavy (non-hydrogen) atoms. The van der Waals surface area contributed by atoms with Crippen molar-refractivity contribution in [3.05, 3.63) is 11.8 Å². The lowest BCUT2D eigenvalue weighted by Gasteiger charge is -2.13. The fraction of sp³-hybridized carbons (Fsp3) is 0.636. The molecule has 0 atom stereocenters. The first-order chi connectivity index (χ1) is 6.90. The number of esters is 1. The van der Waals surface area contributed by atoms with Crippen LogP contribution in [0.15, 0.2) is 11.8 Å². The van der Waals surface area contributed by atoms with Gasteiger partial charge >= 0.3 is 5.97 Å². The number of hydrogen-bond acceptors (Lipinski definition) is 4. The van der Waals surface area contributed by atoms with Gasteiger partial charge in [-0.1, -0.05) is 13.8 Å². The molecule has 0 fully saturated rings. The highest BCUT2D eigenvalue weighted by Gasteiger charge is 2.22. The van der Waals surface area contributed by atoms with Gasteiger partial charge in [0.1, 0.15) is 0 Å².